The first-order valence-corrected chi connectivity index (χ1v) is 7.13. The fourth-order valence-electron chi connectivity index (χ4n) is 2.66. The normalized spacial score (nSPS) is 19.1. The first-order chi connectivity index (χ1) is 9.76. The standard InChI is InChI=1S/C14H23N5O/c1-2-5-12(14(15)17-20)18-8-10-19(11-9-18)13-6-3-4-7-16-13/h3-4,6-7,12,20H,2,5,8-11H2,1H3,(H2,15,17). The zero-order chi connectivity index (χ0) is 14.4. The number of nitrogens with zero attached hydrogens (tertiary/aromatic N) is 4. The smallest absolute Gasteiger partial charge is 0.156 e. The van der Waals surface area contributed by atoms with Crippen LogP contribution in [0.5, 0.6) is 0 Å². The second-order valence-corrected chi connectivity index (χ2v) is 5.04. The van der Waals surface area contributed by atoms with E-state index in [1.807, 2.05) is 24.4 Å². The highest BCUT2D eigenvalue weighted by molar-refractivity contribution is 5.85. The SMILES string of the molecule is CCCC(C(N)=NO)N1CCN(c2ccccn2)CC1. The maximum Gasteiger partial charge on any atom is 0.156 e. The van der Waals surface area contributed by atoms with Gasteiger partial charge in [-0.05, 0) is 18.6 Å². The number of aromatic nitrogens is 1. The van der Waals surface area contributed by atoms with Crippen molar-refractivity contribution in [2.75, 3.05) is 31.1 Å². The van der Waals surface area contributed by atoms with Gasteiger partial charge in [-0.15, -0.1) is 0 Å². The molecule has 1 fully saturated rings. The van der Waals surface area contributed by atoms with E-state index in [0.29, 0.717) is 5.84 Å². The molecule has 3 N–H and O–H groups in total. The van der Waals surface area contributed by atoms with Gasteiger partial charge < -0.3 is 15.8 Å². The highest BCUT2D eigenvalue weighted by Crippen LogP contribution is 2.16. The molecule has 1 atom stereocenters. The fourth-order valence-corrected chi connectivity index (χ4v) is 2.66. The monoisotopic (exact) mass is 277 g/mol. The molecule has 0 amide bonds. The van der Waals surface area contributed by atoms with E-state index >= 15 is 0 Å². The molecule has 1 aliphatic rings. The molecule has 0 bridgehead atoms. The van der Waals surface area contributed by atoms with Crippen molar-refractivity contribution in [2.45, 2.75) is 25.8 Å². The van der Waals surface area contributed by atoms with Crippen LogP contribution in [0.2, 0.25) is 0 Å². The Balaban J connectivity index is 1.96. The van der Waals surface area contributed by atoms with Crippen molar-refractivity contribution in [1.29, 1.82) is 0 Å². The largest absolute Gasteiger partial charge is 0.409 e. The Morgan fingerprint density at radius 3 is 2.70 bits per heavy atom. The second-order valence-electron chi connectivity index (χ2n) is 5.04. The number of rotatable bonds is 5. The van der Waals surface area contributed by atoms with Crippen LogP contribution in [0.1, 0.15) is 19.8 Å². The van der Waals surface area contributed by atoms with Crippen LogP contribution >= 0.6 is 0 Å². The molecule has 1 aromatic heterocycles. The molecule has 0 spiro atoms. The Bertz CT molecular complexity index is 428. The molecule has 2 rings (SSSR count). The lowest BCUT2D eigenvalue weighted by atomic mass is 10.1. The van der Waals surface area contributed by atoms with Crippen LogP contribution in [-0.4, -0.2) is 53.1 Å². The average molecular weight is 277 g/mol. The van der Waals surface area contributed by atoms with Crippen LogP contribution in [0.4, 0.5) is 5.82 Å². The number of piperazine rings is 1. The van der Waals surface area contributed by atoms with Gasteiger partial charge in [-0.2, -0.15) is 0 Å². The summed E-state index contributed by atoms with van der Waals surface area (Å²) >= 11 is 0. The fraction of sp³-hybridized carbons (Fsp3) is 0.571. The van der Waals surface area contributed by atoms with E-state index in [-0.39, 0.29) is 6.04 Å². The summed E-state index contributed by atoms with van der Waals surface area (Å²) in [6.07, 6.45) is 3.75. The van der Waals surface area contributed by atoms with Gasteiger partial charge >= 0.3 is 0 Å². The number of nitrogens with two attached hydrogens (primary N) is 1. The molecule has 0 saturated carbocycles. The minimum atomic E-state index is 0.0379. The van der Waals surface area contributed by atoms with E-state index in [1.165, 1.54) is 0 Å². The van der Waals surface area contributed by atoms with Crippen molar-refractivity contribution in [3.8, 4) is 0 Å². The molecule has 6 nitrogen and oxygen atoms in total. The minimum absolute atomic E-state index is 0.0379. The third kappa shape index (κ3) is 3.39. The van der Waals surface area contributed by atoms with Crippen LogP contribution in [0.3, 0.4) is 0 Å². The van der Waals surface area contributed by atoms with E-state index in [0.717, 1.165) is 44.8 Å². The summed E-state index contributed by atoms with van der Waals surface area (Å²) < 4.78 is 0. The summed E-state index contributed by atoms with van der Waals surface area (Å²) in [5.74, 6) is 1.33. The number of amidine groups is 1. The van der Waals surface area contributed by atoms with Crippen LogP contribution < -0.4 is 10.6 Å². The molecular weight excluding hydrogens is 254 g/mol. The van der Waals surface area contributed by atoms with Crippen molar-refractivity contribution in [3.05, 3.63) is 24.4 Å². The predicted octanol–water partition coefficient (Wildman–Crippen LogP) is 1.12. The van der Waals surface area contributed by atoms with Gasteiger partial charge in [0.25, 0.3) is 0 Å². The molecule has 0 aromatic carbocycles. The average Bonchev–Trinajstić information content (AvgIpc) is 2.53. The molecule has 1 aliphatic heterocycles. The number of oxime groups is 1. The molecule has 20 heavy (non-hydrogen) atoms. The first-order valence-electron chi connectivity index (χ1n) is 7.13. The van der Waals surface area contributed by atoms with E-state index in [1.54, 1.807) is 0 Å². The summed E-state index contributed by atoms with van der Waals surface area (Å²) in [5, 5.41) is 12.1. The maximum atomic E-state index is 8.91. The second kappa shape index (κ2) is 7.09. The number of pyridine rings is 1. The minimum Gasteiger partial charge on any atom is -0.409 e. The summed E-state index contributed by atoms with van der Waals surface area (Å²) in [6.45, 7) is 5.74. The first kappa shape index (κ1) is 14.6. The van der Waals surface area contributed by atoms with Gasteiger partial charge in [0, 0.05) is 32.4 Å². The lowest BCUT2D eigenvalue weighted by molar-refractivity contribution is 0.211. The number of hydrogen-bond donors (Lipinski definition) is 2. The Morgan fingerprint density at radius 2 is 2.15 bits per heavy atom. The molecule has 2 heterocycles. The topological polar surface area (TPSA) is 78.0 Å². The Labute approximate surface area is 119 Å². The van der Waals surface area contributed by atoms with Crippen LogP contribution in [-0.2, 0) is 0 Å². The van der Waals surface area contributed by atoms with E-state index in [9.17, 15) is 0 Å². The van der Waals surface area contributed by atoms with Crippen molar-refractivity contribution < 1.29 is 5.21 Å². The Hall–Kier alpha value is -1.82. The van der Waals surface area contributed by atoms with Crippen LogP contribution in [0.25, 0.3) is 0 Å². The zero-order valence-corrected chi connectivity index (χ0v) is 11.9. The summed E-state index contributed by atoms with van der Waals surface area (Å²) in [6, 6.07) is 6.00. The molecule has 1 saturated heterocycles. The summed E-state index contributed by atoms with van der Waals surface area (Å²) in [4.78, 5) is 8.94. The van der Waals surface area contributed by atoms with Crippen LogP contribution in [0.15, 0.2) is 29.6 Å². The quantitative estimate of drug-likeness (QED) is 0.365. The summed E-state index contributed by atoms with van der Waals surface area (Å²) in [5.41, 5.74) is 5.81. The van der Waals surface area contributed by atoms with Gasteiger partial charge in [0.15, 0.2) is 5.84 Å². The lowest BCUT2D eigenvalue weighted by Gasteiger charge is -2.39. The molecule has 0 radical (unpaired) electrons. The van der Waals surface area contributed by atoms with Crippen molar-refractivity contribution >= 4 is 11.7 Å². The van der Waals surface area contributed by atoms with E-state index in [2.05, 4.69) is 26.9 Å². The highest BCUT2D eigenvalue weighted by Gasteiger charge is 2.26. The van der Waals surface area contributed by atoms with Crippen LogP contribution in [0, 0.1) is 0 Å². The Kier molecular flexibility index (Phi) is 5.17. The molecule has 0 aliphatic carbocycles. The molecule has 6 heteroatoms. The predicted molar refractivity (Wildman–Crippen MR) is 80.1 cm³/mol. The molecular formula is C14H23N5O. The van der Waals surface area contributed by atoms with Gasteiger partial charge in [-0.3, -0.25) is 4.90 Å². The van der Waals surface area contributed by atoms with E-state index < -0.39 is 0 Å². The number of anilines is 1. The van der Waals surface area contributed by atoms with Gasteiger partial charge in [-0.25, -0.2) is 4.98 Å². The van der Waals surface area contributed by atoms with Gasteiger partial charge in [-0.1, -0.05) is 24.6 Å². The van der Waals surface area contributed by atoms with Gasteiger partial charge in [0.2, 0.25) is 0 Å². The third-order valence-electron chi connectivity index (χ3n) is 3.75. The Morgan fingerprint density at radius 1 is 1.40 bits per heavy atom. The van der Waals surface area contributed by atoms with E-state index in [4.69, 9.17) is 10.9 Å². The lowest BCUT2D eigenvalue weighted by Crippen LogP contribution is -2.54. The van der Waals surface area contributed by atoms with Gasteiger partial charge in [0.05, 0.1) is 6.04 Å². The zero-order valence-electron chi connectivity index (χ0n) is 11.9. The van der Waals surface area contributed by atoms with Crippen molar-refractivity contribution in [2.24, 2.45) is 10.9 Å². The number of hydrogen-bond acceptors (Lipinski definition) is 5. The summed E-state index contributed by atoms with van der Waals surface area (Å²) in [7, 11) is 0. The highest BCUT2D eigenvalue weighted by atomic mass is 16.4. The van der Waals surface area contributed by atoms with Crippen molar-refractivity contribution in [1.82, 2.24) is 9.88 Å². The molecule has 1 unspecified atom stereocenters. The molecule has 1 aromatic rings. The van der Waals surface area contributed by atoms with Gasteiger partial charge in [0.1, 0.15) is 5.82 Å². The maximum absolute atomic E-state index is 8.91. The third-order valence-corrected chi connectivity index (χ3v) is 3.75. The molecule has 110 valence electrons. The van der Waals surface area contributed by atoms with Crippen molar-refractivity contribution in [3.63, 3.8) is 0 Å².